The Bertz CT molecular complexity index is 2400. The number of aromatic nitrogens is 2. The van der Waals surface area contributed by atoms with Crippen molar-refractivity contribution in [1.29, 1.82) is 0 Å². The lowest BCUT2D eigenvalue weighted by Gasteiger charge is -2.10. The molecular formula is C35H30F3N5O8S2. The molecule has 0 aliphatic carbocycles. The molecule has 0 aliphatic heterocycles. The van der Waals surface area contributed by atoms with E-state index in [-0.39, 0.29) is 33.1 Å². The zero-order valence-electron chi connectivity index (χ0n) is 28.0. The largest absolute Gasteiger partial charge is 0.573 e. The zero-order valence-corrected chi connectivity index (χ0v) is 29.6. The molecule has 4 aromatic carbocycles. The number of amides is 1. The first kappa shape index (κ1) is 38.1. The molecule has 2 aromatic heterocycles. The maximum atomic E-state index is 12.4. The standard InChI is InChI=1S/C18H17N3O4S.C17H13F3N2O4S/c1-12-11-18(20-25-12)21-26(23,24)17-9-5-15(6-10-17)14-3-7-16(8-4-14)19-13(2)22;1-11-10-16(21-26-11)22-27(23,24)15-8-4-13(5-9-15)12-2-6-14(7-3-12)25-17(18,19)20/h3-11H,1-2H3,(H,19,22)(H,20,21);2-10H,1H3,(H,21,22). The number of aryl methyl sites for hydroxylation is 2. The van der Waals surface area contributed by atoms with Crippen LogP contribution in [0.2, 0.25) is 0 Å². The molecule has 0 aliphatic rings. The smallest absolute Gasteiger partial charge is 0.406 e. The van der Waals surface area contributed by atoms with Crippen LogP contribution in [0.3, 0.4) is 0 Å². The molecule has 1 amide bonds. The van der Waals surface area contributed by atoms with Crippen LogP contribution in [-0.4, -0.2) is 39.4 Å². The van der Waals surface area contributed by atoms with Gasteiger partial charge in [-0.1, -0.05) is 58.8 Å². The van der Waals surface area contributed by atoms with Gasteiger partial charge in [0, 0.05) is 24.7 Å². The number of halogens is 3. The Morgan fingerprint density at radius 3 is 1.30 bits per heavy atom. The minimum Gasteiger partial charge on any atom is -0.406 e. The summed E-state index contributed by atoms with van der Waals surface area (Å²) in [6.07, 6.45) is -4.76. The van der Waals surface area contributed by atoms with Gasteiger partial charge in [0.25, 0.3) is 20.0 Å². The summed E-state index contributed by atoms with van der Waals surface area (Å²) >= 11 is 0. The maximum absolute atomic E-state index is 12.4. The van der Waals surface area contributed by atoms with Gasteiger partial charge in [0.15, 0.2) is 11.6 Å². The molecule has 0 bridgehead atoms. The van der Waals surface area contributed by atoms with E-state index in [1.165, 1.54) is 67.6 Å². The SMILES string of the molecule is CC(=O)Nc1ccc(-c2ccc(S(=O)(=O)Nc3cc(C)on3)cc2)cc1.Cc1cc(NS(=O)(=O)c2ccc(-c3ccc(OC(F)(F)F)cc3)cc2)no1. The number of rotatable bonds is 10. The van der Waals surface area contributed by atoms with Crippen molar-refractivity contribution in [2.45, 2.75) is 36.9 Å². The van der Waals surface area contributed by atoms with Crippen LogP contribution in [0.5, 0.6) is 5.75 Å². The predicted octanol–water partition coefficient (Wildman–Crippen LogP) is 7.76. The van der Waals surface area contributed by atoms with Gasteiger partial charge in [0.1, 0.15) is 17.3 Å². The van der Waals surface area contributed by atoms with E-state index < -0.39 is 26.4 Å². The third-order valence-corrected chi connectivity index (χ3v) is 9.76. The summed E-state index contributed by atoms with van der Waals surface area (Å²) in [6, 6.07) is 27.8. The van der Waals surface area contributed by atoms with Gasteiger partial charge < -0.3 is 19.1 Å². The normalized spacial score (nSPS) is 11.6. The minimum atomic E-state index is -4.76. The molecule has 6 rings (SSSR count). The van der Waals surface area contributed by atoms with Crippen LogP contribution in [0, 0.1) is 13.8 Å². The first-order chi connectivity index (χ1) is 25.0. The number of alkyl halides is 3. The number of hydrogen-bond acceptors (Lipinski definition) is 10. The number of hydrogen-bond donors (Lipinski definition) is 3. The molecule has 6 aromatic rings. The number of anilines is 3. The summed E-state index contributed by atoms with van der Waals surface area (Å²) in [7, 11) is -7.58. The lowest BCUT2D eigenvalue weighted by Crippen LogP contribution is -2.16. The fourth-order valence-corrected chi connectivity index (χ4v) is 6.64. The lowest BCUT2D eigenvalue weighted by molar-refractivity contribution is -0.274. The molecule has 276 valence electrons. The number of nitrogens with one attached hydrogen (secondary N) is 3. The van der Waals surface area contributed by atoms with Gasteiger partial charge in [-0.3, -0.25) is 14.2 Å². The Kier molecular flexibility index (Phi) is 11.2. The minimum absolute atomic E-state index is 0.00364. The molecule has 0 unspecified atom stereocenters. The fourth-order valence-electron chi connectivity index (χ4n) is 4.67. The first-order valence-corrected chi connectivity index (χ1v) is 18.3. The highest BCUT2D eigenvalue weighted by Crippen LogP contribution is 2.28. The van der Waals surface area contributed by atoms with Crippen molar-refractivity contribution in [2.75, 3.05) is 14.8 Å². The Labute approximate surface area is 301 Å². The van der Waals surface area contributed by atoms with Crippen molar-refractivity contribution in [2.24, 2.45) is 0 Å². The molecule has 0 saturated heterocycles. The molecular weight excluding hydrogens is 740 g/mol. The van der Waals surface area contributed by atoms with Crippen molar-refractivity contribution < 1.29 is 48.6 Å². The quantitative estimate of drug-likeness (QED) is 0.125. The van der Waals surface area contributed by atoms with Crippen molar-refractivity contribution >= 4 is 43.3 Å². The lowest BCUT2D eigenvalue weighted by atomic mass is 10.1. The Hall–Kier alpha value is -6.14. The summed E-state index contributed by atoms with van der Waals surface area (Å²) in [5.74, 6) is 0.707. The average molecular weight is 770 g/mol. The second-order valence-electron chi connectivity index (χ2n) is 11.2. The van der Waals surface area contributed by atoms with Crippen molar-refractivity contribution in [3.63, 3.8) is 0 Å². The molecule has 0 saturated carbocycles. The number of carbonyl (C=O) groups is 1. The summed E-state index contributed by atoms with van der Waals surface area (Å²) in [4.78, 5) is 11.2. The Balaban J connectivity index is 0.000000204. The number of nitrogens with zero attached hydrogens (tertiary/aromatic N) is 2. The molecule has 18 heteroatoms. The van der Waals surface area contributed by atoms with E-state index in [1.54, 1.807) is 50.2 Å². The van der Waals surface area contributed by atoms with Crippen LogP contribution < -0.4 is 19.5 Å². The van der Waals surface area contributed by atoms with E-state index in [9.17, 15) is 34.8 Å². The summed E-state index contributed by atoms with van der Waals surface area (Å²) in [6.45, 7) is 4.75. The zero-order chi connectivity index (χ0) is 38.4. The van der Waals surface area contributed by atoms with Crippen molar-refractivity contribution in [3.05, 3.63) is 121 Å². The van der Waals surface area contributed by atoms with Gasteiger partial charge in [-0.05, 0) is 84.6 Å². The fraction of sp³-hybridized carbons (Fsp3) is 0.114. The van der Waals surface area contributed by atoms with E-state index >= 15 is 0 Å². The van der Waals surface area contributed by atoms with E-state index in [4.69, 9.17) is 9.05 Å². The van der Waals surface area contributed by atoms with Gasteiger partial charge in [0.2, 0.25) is 5.91 Å². The molecule has 0 radical (unpaired) electrons. The molecule has 0 spiro atoms. The van der Waals surface area contributed by atoms with Crippen LogP contribution in [-0.2, 0) is 24.8 Å². The second kappa shape index (κ2) is 15.6. The Morgan fingerprint density at radius 1 is 0.623 bits per heavy atom. The van der Waals surface area contributed by atoms with Crippen molar-refractivity contribution in [3.8, 4) is 28.0 Å². The number of sulfonamides is 2. The molecule has 13 nitrogen and oxygen atoms in total. The second-order valence-corrected chi connectivity index (χ2v) is 14.6. The third-order valence-electron chi connectivity index (χ3n) is 7.02. The number of carbonyl (C=O) groups excluding carboxylic acids is 1. The maximum Gasteiger partial charge on any atom is 0.573 e. The summed E-state index contributed by atoms with van der Waals surface area (Å²) in [5, 5.41) is 9.89. The van der Waals surface area contributed by atoms with Gasteiger partial charge in [-0.25, -0.2) is 16.8 Å². The summed E-state index contributed by atoms with van der Waals surface area (Å²) in [5.41, 5.74) is 3.70. The van der Waals surface area contributed by atoms with E-state index in [0.717, 1.165) is 11.1 Å². The first-order valence-electron chi connectivity index (χ1n) is 15.3. The molecule has 3 N–H and O–H groups in total. The van der Waals surface area contributed by atoms with Crippen LogP contribution in [0.4, 0.5) is 30.5 Å². The summed E-state index contributed by atoms with van der Waals surface area (Å²) < 4.78 is 104. The van der Waals surface area contributed by atoms with Crippen LogP contribution in [0.15, 0.2) is 128 Å². The van der Waals surface area contributed by atoms with Crippen LogP contribution in [0.25, 0.3) is 22.3 Å². The molecule has 53 heavy (non-hydrogen) atoms. The molecule has 0 atom stereocenters. The van der Waals surface area contributed by atoms with Gasteiger partial charge >= 0.3 is 6.36 Å². The number of ether oxygens (including phenoxy) is 1. The highest BCUT2D eigenvalue weighted by atomic mass is 32.2. The van der Waals surface area contributed by atoms with E-state index in [1.807, 2.05) is 12.1 Å². The van der Waals surface area contributed by atoms with E-state index in [2.05, 4.69) is 29.8 Å². The molecule has 2 heterocycles. The van der Waals surface area contributed by atoms with Crippen LogP contribution in [0.1, 0.15) is 18.4 Å². The van der Waals surface area contributed by atoms with Gasteiger partial charge in [-0.15, -0.1) is 13.2 Å². The highest BCUT2D eigenvalue weighted by molar-refractivity contribution is 7.93. The van der Waals surface area contributed by atoms with Crippen LogP contribution >= 0.6 is 0 Å². The average Bonchev–Trinajstić information content (AvgIpc) is 3.70. The predicted molar refractivity (Wildman–Crippen MR) is 189 cm³/mol. The monoisotopic (exact) mass is 769 g/mol. The molecule has 0 fully saturated rings. The third kappa shape index (κ3) is 10.7. The van der Waals surface area contributed by atoms with E-state index in [0.29, 0.717) is 28.3 Å². The topological polar surface area (TPSA) is 183 Å². The van der Waals surface area contributed by atoms with Crippen molar-refractivity contribution in [1.82, 2.24) is 10.3 Å². The van der Waals surface area contributed by atoms with Gasteiger partial charge in [-0.2, -0.15) is 0 Å². The van der Waals surface area contributed by atoms with Gasteiger partial charge in [0.05, 0.1) is 9.79 Å². The Morgan fingerprint density at radius 2 is 0.981 bits per heavy atom. The highest BCUT2D eigenvalue weighted by Gasteiger charge is 2.31. The number of benzene rings is 4.